The van der Waals surface area contributed by atoms with E-state index in [0.717, 1.165) is 4.31 Å². The highest BCUT2D eigenvalue weighted by Gasteiger charge is 2.32. The van der Waals surface area contributed by atoms with Crippen molar-refractivity contribution in [2.75, 3.05) is 17.4 Å². The van der Waals surface area contributed by atoms with E-state index in [2.05, 4.69) is 5.32 Å². The lowest BCUT2D eigenvalue weighted by Gasteiger charge is -2.32. The van der Waals surface area contributed by atoms with Gasteiger partial charge in [-0.25, -0.2) is 8.42 Å². The Kier molecular flexibility index (Phi) is 9.37. The van der Waals surface area contributed by atoms with Crippen molar-refractivity contribution in [3.8, 4) is 0 Å². The van der Waals surface area contributed by atoms with Gasteiger partial charge in [0.1, 0.15) is 12.6 Å². The highest BCUT2D eigenvalue weighted by atomic mass is 35.5. The van der Waals surface area contributed by atoms with Gasteiger partial charge in [0, 0.05) is 23.1 Å². The number of hydrogen-bond acceptors (Lipinski definition) is 4. The molecule has 0 unspecified atom stereocenters. The Morgan fingerprint density at radius 3 is 2.14 bits per heavy atom. The van der Waals surface area contributed by atoms with Crippen LogP contribution in [0.3, 0.4) is 0 Å². The number of amides is 2. The van der Waals surface area contributed by atoms with Crippen molar-refractivity contribution in [3.05, 3.63) is 94.5 Å². The topological polar surface area (TPSA) is 86.8 Å². The third-order valence-electron chi connectivity index (χ3n) is 5.54. The van der Waals surface area contributed by atoms with E-state index in [4.69, 9.17) is 23.2 Å². The number of hydrogen-bond donors (Lipinski definition) is 1. The van der Waals surface area contributed by atoms with Crippen LogP contribution >= 0.6 is 23.2 Å². The Labute approximate surface area is 221 Å². The summed E-state index contributed by atoms with van der Waals surface area (Å²) >= 11 is 12.3. The average Bonchev–Trinajstić information content (AvgIpc) is 2.87. The van der Waals surface area contributed by atoms with Gasteiger partial charge in [0.2, 0.25) is 11.8 Å². The maximum atomic E-state index is 13.7. The Morgan fingerprint density at radius 2 is 1.53 bits per heavy atom. The number of carbonyl (C=O) groups is 2. The second kappa shape index (κ2) is 12.3. The maximum Gasteiger partial charge on any atom is 0.264 e. The molecule has 190 valence electrons. The fraction of sp³-hybridized carbons (Fsp3) is 0.231. The van der Waals surface area contributed by atoms with Crippen LogP contribution in [-0.2, 0) is 26.2 Å². The molecule has 1 N–H and O–H groups in total. The van der Waals surface area contributed by atoms with E-state index >= 15 is 0 Å². The number of para-hydroxylation sites is 1. The van der Waals surface area contributed by atoms with Crippen LogP contribution in [0.25, 0.3) is 0 Å². The van der Waals surface area contributed by atoms with Gasteiger partial charge in [0.15, 0.2) is 0 Å². The summed E-state index contributed by atoms with van der Waals surface area (Å²) < 4.78 is 28.3. The van der Waals surface area contributed by atoms with Gasteiger partial charge in [0.25, 0.3) is 10.0 Å². The number of nitrogens with one attached hydrogen (secondary N) is 1. The monoisotopic (exact) mass is 547 g/mol. The molecule has 0 aromatic heterocycles. The van der Waals surface area contributed by atoms with Crippen molar-refractivity contribution in [3.63, 3.8) is 0 Å². The lowest BCUT2D eigenvalue weighted by atomic mass is 10.1. The molecule has 3 aromatic rings. The number of nitrogens with zero attached hydrogens (tertiary/aromatic N) is 2. The van der Waals surface area contributed by atoms with Gasteiger partial charge >= 0.3 is 0 Å². The first-order valence-electron chi connectivity index (χ1n) is 11.3. The molecule has 0 spiro atoms. The minimum Gasteiger partial charge on any atom is -0.355 e. The smallest absolute Gasteiger partial charge is 0.264 e. The van der Waals surface area contributed by atoms with Crippen molar-refractivity contribution in [1.29, 1.82) is 0 Å². The number of sulfonamides is 1. The second-order valence-corrected chi connectivity index (χ2v) is 10.7. The van der Waals surface area contributed by atoms with Crippen LogP contribution in [0.4, 0.5) is 5.69 Å². The first-order valence-corrected chi connectivity index (χ1v) is 13.5. The van der Waals surface area contributed by atoms with Gasteiger partial charge in [-0.2, -0.15) is 0 Å². The number of carbonyl (C=O) groups excluding carboxylic acids is 2. The molecule has 0 bridgehead atoms. The summed E-state index contributed by atoms with van der Waals surface area (Å²) in [6.07, 6.45) is 0. The molecule has 2 amide bonds. The average molecular weight is 548 g/mol. The lowest BCUT2D eigenvalue weighted by Crippen LogP contribution is -2.51. The SMILES string of the molecule is CCNC(=O)[C@H](C)N(Cc1ccccc1Cl)C(=O)CN(c1ccccc1)S(=O)(=O)c1ccc(Cl)cc1. The number of rotatable bonds is 10. The fourth-order valence-corrected chi connectivity index (χ4v) is 5.31. The number of halogens is 2. The molecule has 0 radical (unpaired) electrons. The standard InChI is InChI=1S/C26H27Cl2N3O4S/c1-3-29-26(33)19(2)30(17-20-9-7-8-12-24(20)28)25(32)18-31(22-10-5-4-6-11-22)36(34,35)23-15-13-21(27)14-16-23/h4-16,19H,3,17-18H2,1-2H3,(H,29,33)/t19-/m0/s1. The molecule has 0 aliphatic heterocycles. The van der Waals surface area contributed by atoms with E-state index in [9.17, 15) is 18.0 Å². The van der Waals surface area contributed by atoms with Crippen molar-refractivity contribution < 1.29 is 18.0 Å². The number of anilines is 1. The van der Waals surface area contributed by atoms with Crippen LogP contribution in [-0.4, -0.2) is 44.3 Å². The van der Waals surface area contributed by atoms with Gasteiger partial charge < -0.3 is 10.2 Å². The molecule has 3 rings (SSSR count). The van der Waals surface area contributed by atoms with Crippen LogP contribution in [0, 0.1) is 0 Å². The summed E-state index contributed by atoms with van der Waals surface area (Å²) in [4.78, 5) is 27.7. The van der Waals surface area contributed by atoms with Crippen molar-refractivity contribution >= 4 is 50.7 Å². The maximum absolute atomic E-state index is 13.7. The van der Waals surface area contributed by atoms with E-state index in [0.29, 0.717) is 27.8 Å². The quantitative estimate of drug-likeness (QED) is 0.397. The highest BCUT2D eigenvalue weighted by molar-refractivity contribution is 7.92. The molecular formula is C26H27Cl2N3O4S. The van der Waals surface area contributed by atoms with E-state index < -0.39 is 28.5 Å². The highest BCUT2D eigenvalue weighted by Crippen LogP contribution is 2.26. The van der Waals surface area contributed by atoms with Crippen molar-refractivity contribution in [2.24, 2.45) is 0 Å². The second-order valence-electron chi connectivity index (χ2n) is 7.98. The van der Waals surface area contributed by atoms with Gasteiger partial charge in [-0.1, -0.05) is 59.6 Å². The zero-order valence-electron chi connectivity index (χ0n) is 19.9. The van der Waals surface area contributed by atoms with Crippen LogP contribution in [0.15, 0.2) is 83.8 Å². The minimum atomic E-state index is -4.14. The summed E-state index contributed by atoms with van der Waals surface area (Å²) in [5.74, 6) is -0.917. The molecule has 7 nitrogen and oxygen atoms in total. The molecule has 0 saturated carbocycles. The first kappa shape index (κ1) is 27.5. The molecule has 0 heterocycles. The van der Waals surface area contributed by atoms with E-state index in [-0.39, 0.29) is 17.3 Å². The predicted octanol–water partition coefficient (Wildman–Crippen LogP) is 4.74. The molecular weight excluding hydrogens is 521 g/mol. The van der Waals surface area contributed by atoms with Crippen LogP contribution in [0.2, 0.25) is 10.0 Å². The van der Waals surface area contributed by atoms with Crippen LogP contribution < -0.4 is 9.62 Å². The Balaban J connectivity index is 2.01. The Morgan fingerprint density at radius 1 is 0.917 bits per heavy atom. The molecule has 0 aliphatic rings. The first-order chi connectivity index (χ1) is 17.1. The van der Waals surface area contributed by atoms with Gasteiger partial charge in [-0.05, 0) is 61.9 Å². The fourth-order valence-electron chi connectivity index (χ4n) is 3.57. The third-order valence-corrected chi connectivity index (χ3v) is 7.95. The molecule has 0 fully saturated rings. The van der Waals surface area contributed by atoms with Crippen molar-refractivity contribution in [2.45, 2.75) is 31.3 Å². The number of benzene rings is 3. The summed E-state index contributed by atoms with van der Waals surface area (Å²) in [5.41, 5.74) is 0.944. The van der Waals surface area contributed by atoms with E-state index in [1.807, 2.05) is 0 Å². The summed E-state index contributed by atoms with van der Waals surface area (Å²) in [6, 6.07) is 20.2. The minimum absolute atomic E-state index is 0.0158. The molecule has 0 saturated heterocycles. The Bertz CT molecular complexity index is 1300. The van der Waals surface area contributed by atoms with E-state index in [1.165, 1.54) is 29.2 Å². The zero-order chi connectivity index (χ0) is 26.3. The van der Waals surface area contributed by atoms with Gasteiger partial charge in [-0.3, -0.25) is 13.9 Å². The third kappa shape index (κ3) is 6.57. The normalized spacial score (nSPS) is 12.0. The summed E-state index contributed by atoms with van der Waals surface area (Å²) in [5, 5.41) is 3.54. The largest absolute Gasteiger partial charge is 0.355 e. The van der Waals surface area contributed by atoms with Crippen molar-refractivity contribution in [1.82, 2.24) is 10.2 Å². The Hall–Kier alpha value is -3.07. The molecule has 0 aliphatic carbocycles. The molecule has 36 heavy (non-hydrogen) atoms. The van der Waals surface area contributed by atoms with Gasteiger partial charge in [-0.15, -0.1) is 0 Å². The number of likely N-dealkylation sites (N-methyl/N-ethyl adjacent to an activating group) is 1. The lowest BCUT2D eigenvalue weighted by molar-refractivity contribution is -0.139. The van der Waals surface area contributed by atoms with Crippen LogP contribution in [0.1, 0.15) is 19.4 Å². The van der Waals surface area contributed by atoms with Crippen LogP contribution in [0.5, 0.6) is 0 Å². The predicted molar refractivity (Wildman–Crippen MR) is 143 cm³/mol. The van der Waals surface area contributed by atoms with Gasteiger partial charge in [0.05, 0.1) is 10.6 Å². The zero-order valence-corrected chi connectivity index (χ0v) is 22.2. The summed E-state index contributed by atoms with van der Waals surface area (Å²) in [6.45, 7) is 3.27. The molecule has 1 atom stereocenters. The molecule has 10 heteroatoms. The molecule has 3 aromatic carbocycles. The van der Waals surface area contributed by atoms with E-state index in [1.54, 1.807) is 68.4 Å². The summed E-state index contributed by atoms with van der Waals surface area (Å²) in [7, 11) is -4.14.